The number of carbonyl (C=O) groups excluding carboxylic acids is 2. The smallest absolute Gasteiger partial charge is 0.427 e. The summed E-state index contributed by atoms with van der Waals surface area (Å²) in [5.74, 6) is -0.132. The monoisotopic (exact) mass is 545 g/mol. The number of rotatable bonds is 3. The molecule has 0 radical (unpaired) electrons. The molecule has 0 bridgehead atoms. The van der Waals surface area contributed by atoms with Crippen molar-refractivity contribution in [3.05, 3.63) is 34.8 Å². The van der Waals surface area contributed by atoms with E-state index >= 15 is 0 Å². The van der Waals surface area contributed by atoms with Crippen molar-refractivity contribution < 1.29 is 19.1 Å². The molecule has 0 spiro atoms. The topological polar surface area (TPSA) is 99.4 Å². The second-order valence-electron chi connectivity index (χ2n) is 10.6. The Bertz CT molecular complexity index is 1240. The van der Waals surface area contributed by atoms with Crippen LogP contribution in [-0.2, 0) is 9.47 Å². The molecule has 0 aliphatic rings. The number of pyridine rings is 1. The summed E-state index contributed by atoms with van der Waals surface area (Å²) in [6, 6.07) is 2.10. The minimum atomic E-state index is -0.918. The van der Waals surface area contributed by atoms with E-state index in [1.165, 1.54) is 0 Å². The number of hydrogen-bond acceptors (Lipinski definition) is 7. The fourth-order valence-electron chi connectivity index (χ4n) is 3.40. The fraction of sp³-hybridized carbons (Fsp3) is 0.480. The number of aryl methyl sites for hydroxylation is 1. The maximum Gasteiger partial charge on any atom is 0.427 e. The van der Waals surface area contributed by atoms with Crippen LogP contribution < -0.4 is 4.90 Å². The van der Waals surface area contributed by atoms with Crippen molar-refractivity contribution in [1.29, 1.82) is 0 Å². The molecule has 0 saturated heterocycles. The van der Waals surface area contributed by atoms with E-state index in [1.54, 1.807) is 53.9 Å². The third-order valence-corrected chi connectivity index (χ3v) is 5.24. The van der Waals surface area contributed by atoms with Crippen LogP contribution in [0.3, 0.4) is 0 Å². The maximum atomic E-state index is 13.1. The van der Waals surface area contributed by atoms with Gasteiger partial charge in [0.1, 0.15) is 15.8 Å². The van der Waals surface area contributed by atoms with Gasteiger partial charge in [0.2, 0.25) is 5.95 Å². The van der Waals surface area contributed by atoms with Crippen molar-refractivity contribution in [2.45, 2.75) is 79.6 Å². The molecule has 0 unspecified atom stereocenters. The number of nitrogens with zero attached hydrogens (tertiary/aromatic N) is 5. The molecule has 3 heterocycles. The molecule has 3 aromatic rings. The predicted molar refractivity (Wildman–Crippen MR) is 139 cm³/mol. The summed E-state index contributed by atoms with van der Waals surface area (Å²) in [4.78, 5) is 40.2. The van der Waals surface area contributed by atoms with E-state index in [-0.39, 0.29) is 12.0 Å². The summed E-state index contributed by atoms with van der Waals surface area (Å²) < 4.78 is 13.7. The Hall–Kier alpha value is -3.01. The third kappa shape index (κ3) is 6.17. The highest BCUT2D eigenvalue weighted by Gasteiger charge is 2.35. The predicted octanol–water partition coefficient (Wildman–Crippen LogP) is 6.82. The summed E-state index contributed by atoms with van der Waals surface area (Å²) in [6.07, 6.45) is 3.53. The Kier molecular flexibility index (Phi) is 7.26. The van der Waals surface area contributed by atoms with Gasteiger partial charge in [-0.25, -0.2) is 24.5 Å². The largest absolute Gasteiger partial charge is 0.443 e. The van der Waals surface area contributed by atoms with Gasteiger partial charge in [-0.15, -0.1) is 4.90 Å². The van der Waals surface area contributed by atoms with Crippen LogP contribution in [0.25, 0.3) is 22.2 Å². The maximum absolute atomic E-state index is 13.1. The molecular weight excluding hydrogens is 514 g/mol. The second-order valence-corrected chi connectivity index (χ2v) is 11.4. The zero-order valence-corrected chi connectivity index (χ0v) is 23.2. The van der Waals surface area contributed by atoms with Gasteiger partial charge in [0.05, 0.1) is 17.4 Å². The molecule has 35 heavy (non-hydrogen) atoms. The molecule has 2 amide bonds. The lowest BCUT2D eigenvalue weighted by molar-refractivity contribution is 0.0427. The summed E-state index contributed by atoms with van der Waals surface area (Å²) in [5.41, 5.74) is 1.44. The molecule has 0 aliphatic carbocycles. The first-order chi connectivity index (χ1) is 16.1. The zero-order valence-electron chi connectivity index (χ0n) is 21.6. The van der Waals surface area contributed by atoms with Gasteiger partial charge in [-0.1, -0.05) is 0 Å². The van der Waals surface area contributed by atoms with E-state index in [0.29, 0.717) is 10.3 Å². The van der Waals surface area contributed by atoms with E-state index in [4.69, 9.17) is 9.47 Å². The van der Waals surface area contributed by atoms with Gasteiger partial charge >= 0.3 is 12.2 Å². The number of aromatic nitrogens is 4. The Morgan fingerprint density at radius 1 is 1.00 bits per heavy atom. The molecule has 0 saturated carbocycles. The third-order valence-electron chi connectivity index (χ3n) is 4.81. The SMILES string of the molecule is Cc1cnc(N(C(=O)OC(C)(C)C)C(=O)OC(C)(C)C)nc1-c1cn(C(C)C)c2cnc(Br)cc12. The molecule has 0 atom stereocenters. The van der Waals surface area contributed by atoms with Gasteiger partial charge in [-0.3, -0.25) is 0 Å². The fourth-order valence-corrected chi connectivity index (χ4v) is 3.74. The Balaban J connectivity index is 2.20. The van der Waals surface area contributed by atoms with Crippen LogP contribution in [0.5, 0.6) is 0 Å². The highest BCUT2D eigenvalue weighted by atomic mass is 79.9. The van der Waals surface area contributed by atoms with Crippen LogP contribution in [0, 0.1) is 6.92 Å². The molecule has 188 valence electrons. The molecule has 10 heteroatoms. The van der Waals surface area contributed by atoms with Crippen molar-refractivity contribution in [2.24, 2.45) is 0 Å². The van der Waals surface area contributed by atoms with Gasteiger partial charge in [0, 0.05) is 29.4 Å². The Morgan fingerprint density at radius 3 is 2.09 bits per heavy atom. The number of halogens is 1. The normalized spacial score (nSPS) is 12.2. The van der Waals surface area contributed by atoms with Crippen molar-refractivity contribution in [2.75, 3.05) is 4.90 Å². The number of anilines is 1. The lowest BCUT2D eigenvalue weighted by Crippen LogP contribution is -2.44. The molecule has 3 rings (SSSR count). The highest BCUT2D eigenvalue weighted by molar-refractivity contribution is 9.10. The van der Waals surface area contributed by atoms with Gasteiger partial charge in [0.15, 0.2) is 0 Å². The lowest BCUT2D eigenvalue weighted by atomic mass is 10.1. The number of hydrogen-bond donors (Lipinski definition) is 0. The molecule has 0 aliphatic heterocycles. The van der Waals surface area contributed by atoms with Crippen LogP contribution >= 0.6 is 15.9 Å². The quantitative estimate of drug-likeness (QED) is 0.332. The molecular formula is C25H32BrN5O4. The minimum Gasteiger partial charge on any atom is -0.443 e. The molecule has 9 nitrogen and oxygen atoms in total. The van der Waals surface area contributed by atoms with Crippen LogP contribution in [0.15, 0.2) is 29.3 Å². The van der Waals surface area contributed by atoms with Gasteiger partial charge in [0.25, 0.3) is 0 Å². The van der Waals surface area contributed by atoms with E-state index in [1.807, 2.05) is 19.2 Å². The molecule has 0 N–H and O–H groups in total. The summed E-state index contributed by atoms with van der Waals surface area (Å²) in [7, 11) is 0. The van der Waals surface area contributed by atoms with E-state index in [2.05, 4.69) is 49.3 Å². The standard InChI is InChI=1S/C25H32BrN5O4/c1-14(2)30-13-17(16-10-19(26)27-12-18(16)30)20-15(3)11-28-21(29-20)31(22(32)34-24(4,5)6)23(33)35-25(7,8)9/h10-14H,1-9H3. The average Bonchev–Trinajstić information content (AvgIpc) is 3.05. The Morgan fingerprint density at radius 2 is 1.57 bits per heavy atom. The van der Waals surface area contributed by atoms with Crippen LogP contribution in [0.4, 0.5) is 15.5 Å². The van der Waals surface area contributed by atoms with Crippen molar-refractivity contribution in [3.8, 4) is 11.3 Å². The first-order valence-corrected chi connectivity index (χ1v) is 12.1. The van der Waals surface area contributed by atoms with Crippen molar-refractivity contribution >= 4 is 45.0 Å². The van der Waals surface area contributed by atoms with E-state index in [0.717, 1.165) is 26.9 Å². The molecule has 3 aromatic heterocycles. The zero-order chi connectivity index (χ0) is 26.3. The first-order valence-electron chi connectivity index (χ1n) is 11.3. The number of amides is 2. The van der Waals surface area contributed by atoms with Crippen LogP contribution in [-0.4, -0.2) is 42.9 Å². The number of fused-ring (bicyclic) bond motifs is 1. The number of ether oxygens (including phenoxy) is 2. The van der Waals surface area contributed by atoms with Crippen LogP contribution in [0.1, 0.15) is 67.0 Å². The van der Waals surface area contributed by atoms with Crippen molar-refractivity contribution in [1.82, 2.24) is 19.5 Å². The lowest BCUT2D eigenvalue weighted by Gasteiger charge is -2.27. The number of carbonyl (C=O) groups is 2. The Labute approximate surface area is 214 Å². The van der Waals surface area contributed by atoms with E-state index < -0.39 is 23.4 Å². The van der Waals surface area contributed by atoms with Crippen LogP contribution in [0.2, 0.25) is 0 Å². The molecule has 0 aromatic carbocycles. The van der Waals surface area contributed by atoms with E-state index in [9.17, 15) is 9.59 Å². The molecule has 0 fully saturated rings. The summed E-state index contributed by atoms with van der Waals surface area (Å²) in [5, 5.41) is 0.925. The van der Waals surface area contributed by atoms with Crippen molar-refractivity contribution in [3.63, 3.8) is 0 Å². The second kappa shape index (κ2) is 9.56. The van der Waals surface area contributed by atoms with Gasteiger partial charge < -0.3 is 14.0 Å². The van der Waals surface area contributed by atoms with Gasteiger partial charge in [-0.05, 0) is 89.9 Å². The van der Waals surface area contributed by atoms with Gasteiger partial charge in [-0.2, -0.15) is 0 Å². The average molecular weight is 546 g/mol. The summed E-state index contributed by atoms with van der Waals surface area (Å²) in [6.45, 7) is 16.3. The highest BCUT2D eigenvalue weighted by Crippen LogP contribution is 2.35. The minimum absolute atomic E-state index is 0.132. The first kappa shape index (κ1) is 26.6. The summed E-state index contributed by atoms with van der Waals surface area (Å²) >= 11 is 3.45. The number of imide groups is 1.